The van der Waals surface area contributed by atoms with Crippen molar-refractivity contribution in [2.45, 2.75) is 19.8 Å². The third-order valence-electron chi connectivity index (χ3n) is 5.11. The van der Waals surface area contributed by atoms with Crippen molar-refractivity contribution in [3.8, 4) is 0 Å². The molecular formula is C22H22N2O2. The first-order chi connectivity index (χ1) is 12.7. The number of hydrogen-bond acceptors (Lipinski definition) is 3. The summed E-state index contributed by atoms with van der Waals surface area (Å²) in [7, 11) is 0. The molecule has 2 aromatic carbocycles. The fourth-order valence-corrected chi connectivity index (χ4v) is 3.88. The Labute approximate surface area is 153 Å². The zero-order valence-electron chi connectivity index (χ0n) is 14.9. The van der Waals surface area contributed by atoms with E-state index >= 15 is 0 Å². The van der Waals surface area contributed by atoms with Gasteiger partial charge in [-0.15, -0.1) is 0 Å². The number of rotatable bonds is 3. The predicted octanol–water partition coefficient (Wildman–Crippen LogP) is 3.70. The molecule has 1 fully saturated rings. The largest absolute Gasteiger partial charge is 0.366 e. The van der Waals surface area contributed by atoms with Crippen molar-refractivity contribution in [1.29, 1.82) is 0 Å². The molecule has 0 saturated carbocycles. The van der Waals surface area contributed by atoms with E-state index in [1.165, 1.54) is 4.90 Å². The molecule has 0 spiro atoms. The lowest BCUT2D eigenvalue weighted by Crippen LogP contribution is -2.39. The van der Waals surface area contributed by atoms with Crippen LogP contribution in [0.15, 0.2) is 66.4 Å². The lowest BCUT2D eigenvalue weighted by atomic mass is 9.98. The number of carbonyl (C=O) groups excluding carboxylic acids is 2. The van der Waals surface area contributed by atoms with Gasteiger partial charge >= 0.3 is 0 Å². The highest BCUT2D eigenvalue weighted by molar-refractivity contribution is 6.45. The van der Waals surface area contributed by atoms with Gasteiger partial charge in [-0.3, -0.25) is 9.59 Å². The van der Waals surface area contributed by atoms with E-state index < -0.39 is 0 Å². The van der Waals surface area contributed by atoms with Crippen molar-refractivity contribution in [2.75, 3.05) is 18.0 Å². The van der Waals surface area contributed by atoms with Crippen molar-refractivity contribution >= 4 is 23.1 Å². The summed E-state index contributed by atoms with van der Waals surface area (Å²) in [5, 5.41) is 0. The Morgan fingerprint density at radius 2 is 1.54 bits per heavy atom. The molecule has 2 heterocycles. The Balaban J connectivity index is 1.82. The van der Waals surface area contributed by atoms with Gasteiger partial charge in [-0.05, 0) is 36.5 Å². The molecule has 0 aromatic heterocycles. The number of imide groups is 1. The number of carbonyl (C=O) groups is 2. The number of benzene rings is 2. The van der Waals surface area contributed by atoms with Gasteiger partial charge in [-0.2, -0.15) is 0 Å². The van der Waals surface area contributed by atoms with Crippen LogP contribution in [-0.2, 0) is 9.59 Å². The average molecular weight is 346 g/mol. The molecule has 0 aliphatic carbocycles. The molecule has 26 heavy (non-hydrogen) atoms. The number of nitrogens with zero attached hydrogens (tertiary/aromatic N) is 2. The fourth-order valence-electron chi connectivity index (χ4n) is 3.88. The molecule has 2 amide bonds. The van der Waals surface area contributed by atoms with Gasteiger partial charge in [0.1, 0.15) is 5.70 Å². The second-order valence-electron chi connectivity index (χ2n) is 7.06. The molecule has 0 bridgehead atoms. The SMILES string of the molecule is CC1CCCN(C2=C(c3ccccc3)C(=O)N(c3ccccc3)C2=O)C1. The number of para-hydroxylation sites is 1. The van der Waals surface area contributed by atoms with Gasteiger partial charge in [-0.1, -0.05) is 55.5 Å². The van der Waals surface area contributed by atoms with E-state index in [0.717, 1.165) is 31.5 Å². The maximum atomic E-state index is 13.3. The van der Waals surface area contributed by atoms with Gasteiger partial charge in [0.15, 0.2) is 0 Å². The predicted molar refractivity (Wildman–Crippen MR) is 102 cm³/mol. The summed E-state index contributed by atoms with van der Waals surface area (Å²) in [4.78, 5) is 30.0. The van der Waals surface area contributed by atoms with Gasteiger partial charge in [0.2, 0.25) is 0 Å². The minimum absolute atomic E-state index is 0.214. The number of anilines is 1. The van der Waals surface area contributed by atoms with Gasteiger partial charge in [0.25, 0.3) is 11.8 Å². The summed E-state index contributed by atoms with van der Waals surface area (Å²) in [6, 6.07) is 18.7. The fraction of sp³-hybridized carbons (Fsp3) is 0.273. The first kappa shape index (κ1) is 16.6. The Morgan fingerprint density at radius 3 is 2.19 bits per heavy atom. The Bertz CT molecular complexity index is 858. The number of likely N-dealkylation sites (tertiary alicyclic amines) is 1. The molecule has 1 unspecified atom stereocenters. The van der Waals surface area contributed by atoms with Crippen LogP contribution in [-0.4, -0.2) is 29.8 Å². The highest BCUT2D eigenvalue weighted by Crippen LogP contribution is 2.36. The highest BCUT2D eigenvalue weighted by atomic mass is 16.2. The number of hydrogen-bond donors (Lipinski definition) is 0. The molecule has 4 rings (SSSR count). The molecule has 132 valence electrons. The van der Waals surface area contributed by atoms with Crippen LogP contribution in [0.25, 0.3) is 5.57 Å². The highest BCUT2D eigenvalue weighted by Gasteiger charge is 2.42. The van der Waals surface area contributed by atoms with Crippen LogP contribution < -0.4 is 4.90 Å². The number of piperidine rings is 1. The lowest BCUT2D eigenvalue weighted by Gasteiger charge is -2.33. The third kappa shape index (κ3) is 2.81. The van der Waals surface area contributed by atoms with Crippen LogP contribution in [0.2, 0.25) is 0 Å². The monoisotopic (exact) mass is 346 g/mol. The van der Waals surface area contributed by atoms with E-state index in [-0.39, 0.29) is 11.8 Å². The number of amides is 2. The summed E-state index contributed by atoms with van der Waals surface area (Å²) in [6.07, 6.45) is 2.20. The standard InChI is InChI=1S/C22H22N2O2/c1-16-9-8-14-23(15-16)20-19(17-10-4-2-5-11-17)21(25)24(22(20)26)18-12-6-3-7-13-18/h2-7,10-13,16H,8-9,14-15H2,1H3. The van der Waals surface area contributed by atoms with E-state index in [4.69, 9.17) is 0 Å². The van der Waals surface area contributed by atoms with E-state index in [1.54, 1.807) is 12.1 Å². The van der Waals surface area contributed by atoms with E-state index in [2.05, 4.69) is 11.8 Å². The van der Waals surface area contributed by atoms with E-state index in [1.807, 2.05) is 48.5 Å². The lowest BCUT2D eigenvalue weighted by molar-refractivity contribution is -0.120. The maximum absolute atomic E-state index is 13.3. The normalized spacial score (nSPS) is 20.9. The summed E-state index contributed by atoms with van der Waals surface area (Å²) in [6.45, 7) is 3.83. The quantitative estimate of drug-likeness (QED) is 0.796. The van der Waals surface area contributed by atoms with Crippen molar-refractivity contribution in [1.82, 2.24) is 4.90 Å². The van der Waals surface area contributed by atoms with Crippen molar-refractivity contribution < 1.29 is 9.59 Å². The molecule has 2 aromatic rings. The minimum atomic E-state index is -0.236. The third-order valence-corrected chi connectivity index (χ3v) is 5.11. The van der Waals surface area contributed by atoms with Crippen LogP contribution in [0.5, 0.6) is 0 Å². The summed E-state index contributed by atoms with van der Waals surface area (Å²) < 4.78 is 0. The first-order valence-corrected chi connectivity index (χ1v) is 9.15. The Hall–Kier alpha value is -2.88. The molecular weight excluding hydrogens is 324 g/mol. The second-order valence-corrected chi connectivity index (χ2v) is 7.06. The average Bonchev–Trinajstić information content (AvgIpc) is 2.93. The summed E-state index contributed by atoms with van der Waals surface area (Å²) >= 11 is 0. The molecule has 0 radical (unpaired) electrons. The molecule has 4 nitrogen and oxygen atoms in total. The zero-order chi connectivity index (χ0) is 18.1. The van der Waals surface area contributed by atoms with Crippen LogP contribution in [0.4, 0.5) is 5.69 Å². The first-order valence-electron chi connectivity index (χ1n) is 9.15. The molecule has 4 heteroatoms. The van der Waals surface area contributed by atoms with Crippen LogP contribution in [0, 0.1) is 5.92 Å². The molecule has 2 aliphatic heterocycles. The Morgan fingerprint density at radius 1 is 0.885 bits per heavy atom. The van der Waals surface area contributed by atoms with Gasteiger partial charge in [-0.25, -0.2) is 4.90 Å². The molecule has 1 saturated heterocycles. The summed E-state index contributed by atoms with van der Waals surface area (Å²) in [5.74, 6) is 0.0664. The second kappa shape index (κ2) is 6.79. The van der Waals surface area contributed by atoms with Gasteiger partial charge in [0, 0.05) is 13.1 Å². The van der Waals surface area contributed by atoms with E-state index in [0.29, 0.717) is 22.9 Å². The smallest absolute Gasteiger partial charge is 0.282 e. The van der Waals surface area contributed by atoms with Gasteiger partial charge in [0.05, 0.1) is 11.3 Å². The van der Waals surface area contributed by atoms with Crippen LogP contribution >= 0.6 is 0 Å². The van der Waals surface area contributed by atoms with E-state index in [9.17, 15) is 9.59 Å². The topological polar surface area (TPSA) is 40.6 Å². The van der Waals surface area contributed by atoms with Crippen molar-refractivity contribution in [3.63, 3.8) is 0 Å². The Kier molecular flexibility index (Phi) is 4.33. The van der Waals surface area contributed by atoms with Crippen molar-refractivity contribution in [3.05, 3.63) is 71.9 Å². The van der Waals surface area contributed by atoms with Gasteiger partial charge < -0.3 is 4.90 Å². The van der Waals surface area contributed by atoms with Crippen LogP contribution in [0.1, 0.15) is 25.3 Å². The summed E-state index contributed by atoms with van der Waals surface area (Å²) in [5.41, 5.74) is 2.50. The van der Waals surface area contributed by atoms with Crippen LogP contribution in [0.3, 0.4) is 0 Å². The molecule has 2 aliphatic rings. The minimum Gasteiger partial charge on any atom is -0.366 e. The zero-order valence-corrected chi connectivity index (χ0v) is 14.9. The van der Waals surface area contributed by atoms with Crippen molar-refractivity contribution in [2.24, 2.45) is 5.92 Å². The molecule has 0 N–H and O–H groups in total. The molecule has 1 atom stereocenters. The maximum Gasteiger partial charge on any atom is 0.282 e.